The molecule has 2 rings (SSSR count). The summed E-state index contributed by atoms with van der Waals surface area (Å²) in [4.78, 5) is 23.1. The number of aliphatic hydroxyl groups is 3. The molecule has 2 saturated heterocycles. The van der Waals surface area contributed by atoms with E-state index in [0.29, 0.717) is 12.5 Å². The molecule has 0 saturated carbocycles. The molecule has 0 bridgehead atoms. The summed E-state index contributed by atoms with van der Waals surface area (Å²) in [5.74, 6) is -2.38. The number of hydrogen-bond acceptors (Lipinski definition) is 8. The first-order valence-electron chi connectivity index (χ1n) is 10.1. The zero-order valence-electron chi connectivity index (χ0n) is 17.8. The minimum atomic E-state index is -1.84. The van der Waals surface area contributed by atoms with Crippen LogP contribution in [-0.4, -0.2) is 74.8 Å². The second-order valence-electron chi connectivity index (χ2n) is 8.50. The van der Waals surface area contributed by atoms with Gasteiger partial charge in [0.05, 0.1) is 11.7 Å². The summed E-state index contributed by atoms with van der Waals surface area (Å²) in [7, 11) is 0. The highest BCUT2D eigenvalue weighted by Gasteiger charge is 2.48. The molecule has 9 nitrogen and oxygen atoms in total. The lowest BCUT2D eigenvalue weighted by Crippen LogP contribution is -2.60. The van der Waals surface area contributed by atoms with E-state index in [0.717, 1.165) is 24.8 Å². The highest BCUT2D eigenvalue weighted by atomic mass is 16.7. The second-order valence-corrected chi connectivity index (χ2v) is 8.50. The van der Waals surface area contributed by atoms with E-state index in [4.69, 9.17) is 19.3 Å². The third-order valence-electron chi connectivity index (χ3n) is 5.41. The molecular formula is C21H32O9. The van der Waals surface area contributed by atoms with Crippen molar-refractivity contribution in [2.75, 3.05) is 0 Å². The molecule has 2 fully saturated rings. The third-order valence-corrected chi connectivity index (χ3v) is 5.41. The number of rotatable bonds is 9. The number of carboxylic acid groups (broad SMARTS) is 1. The van der Waals surface area contributed by atoms with Crippen molar-refractivity contribution >= 4 is 11.9 Å². The fourth-order valence-electron chi connectivity index (χ4n) is 3.32. The second kappa shape index (κ2) is 10.0. The van der Waals surface area contributed by atoms with Crippen molar-refractivity contribution in [1.29, 1.82) is 0 Å². The van der Waals surface area contributed by atoms with E-state index < -0.39 is 42.6 Å². The Balaban J connectivity index is 1.79. The zero-order valence-corrected chi connectivity index (χ0v) is 17.8. The van der Waals surface area contributed by atoms with Gasteiger partial charge in [0, 0.05) is 6.08 Å². The van der Waals surface area contributed by atoms with Crippen LogP contribution in [0.5, 0.6) is 0 Å². The maximum absolute atomic E-state index is 12.1. The number of ether oxygens (including phenoxy) is 3. The summed E-state index contributed by atoms with van der Waals surface area (Å²) in [5, 5.41) is 38.3. The van der Waals surface area contributed by atoms with Crippen LogP contribution >= 0.6 is 0 Å². The topological polar surface area (TPSA) is 146 Å². The number of esters is 1. The molecule has 2 aliphatic rings. The van der Waals surface area contributed by atoms with Crippen molar-refractivity contribution in [2.24, 2.45) is 0 Å². The van der Waals surface area contributed by atoms with E-state index in [2.05, 4.69) is 26.8 Å². The average Bonchev–Trinajstić information content (AvgIpc) is 3.26. The van der Waals surface area contributed by atoms with Crippen LogP contribution in [-0.2, 0) is 23.8 Å². The molecule has 0 aromatic carbocycles. The van der Waals surface area contributed by atoms with Gasteiger partial charge in [0.15, 0.2) is 6.10 Å². The minimum Gasteiger partial charge on any atom is -0.479 e. The fraction of sp³-hybridized carbons (Fsp3) is 0.714. The lowest BCUT2D eigenvalue weighted by molar-refractivity contribution is -0.284. The number of aliphatic hydroxyl groups excluding tert-OH is 3. The van der Waals surface area contributed by atoms with Gasteiger partial charge in [-0.1, -0.05) is 17.2 Å². The largest absolute Gasteiger partial charge is 0.479 e. The SMILES string of the molecule is C/C(=C\C(=O)O[C@@H]1O[C@H](C(=O)O)[C@@H](O)[C@H](O)[C@H]1O)CC/C=C(\C)CC[C@H]1OC1(C)C. The van der Waals surface area contributed by atoms with E-state index >= 15 is 0 Å². The van der Waals surface area contributed by atoms with Gasteiger partial charge in [0.25, 0.3) is 0 Å². The Morgan fingerprint density at radius 3 is 2.23 bits per heavy atom. The third kappa shape index (κ3) is 6.61. The van der Waals surface area contributed by atoms with Crippen LogP contribution in [0, 0.1) is 0 Å². The molecule has 2 aliphatic heterocycles. The lowest BCUT2D eigenvalue weighted by Gasteiger charge is -2.37. The maximum Gasteiger partial charge on any atom is 0.335 e. The van der Waals surface area contributed by atoms with Gasteiger partial charge >= 0.3 is 11.9 Å². The van der Waals surface area contributed by atoms with E-state index in [1.807, 2.05) is 0 Å². The van der Waals surface area contributed by atoms with Gasteiger partial charge in [-0.05, 0) is 53.4 Å². The highest BCUT2D eigenvalue weighted by Crippen LogP contribution is 2.38. The van der Waals surface area contributed by atoms with Crippen LogP contribution in [0.2, 0.25) is 0 Å². The van der Waals surface area contributed by atoms with Gasteiger partial charge in [0.1, 0.15) is 18.3 Å². The van der Waals surface area contributed by atoms with Crippen LogP contribution < -0.4 is 0 Å². The molecule has 0 radical (unpaired) electrons. The molecule has 0 aliphatic carbocycles. The molecule has 0 aromatic rings. The molecule has 2 heterocycles. The summed E-state index contributed by atoms with van der Waals surface area (Å²) >= 11 is 0. The maximum atomic E-state index is 12.1. The van der Waals surface area contributed by atoms with Crippen LogP contribution in [0.15, 0.2) is 23.3 Å². The smallest absolute Gasteiger partial charge is 0.335 e. The van der Waals surface area contributed by atoms with Gasteiger partial charge in [0.2, 0.25) is 6.29 Å². The Bertz CT molecular complexity index is 697. The van der Waals surface area contributed by atoms with Crippen molar-refractivity contribution in [3.63, 3.8) is 0 Å². The van der Waals surface area contributed by atoms with Crippen molar-refractivity contribution in [3.8, 4) is 0 Å². The van der Waals surface area contributed by atoms with Gasteiger partial charge < -0.3 is 34.6 Å². The standard InChI is InChI=1S/C21H32O9/c1-11(8-9-13-21(3,4)30-13)6-5-7-12(2)10-14(22)28-20-17(25)15(23)16(24)18(29-20)19(26)27/h6,10,13,15-18,20,23-25H,5,7-9H2,1-4H3,(H,26,27)/b11-6+,12-10+/t13-,15+,16+,17-,18+,20-/m1/s1. The minimum absolute atomic E-state index is 0.00575. The highest BCUT2D eigenvalue weighted by molar-refractivity contribution is 5.82. The Kier molecular flexibility index (Phi) is 8.18. The molecule has 30 heavy (non-hydrogen) atoms. The predicted octanol–water partition coefficient (Wildman–Crippen LogP) is 1.05. The molecule has 9 heteroatoms. The molecule has 170 valence electrons. The summed E-state index contributed by atoms with van der Waals surface area (Å²) in [6, 6.07) is 0. The first-order chi connectivity index (χ1) is 13.9. The Hall–Kier alpha value is -1.78. The summed E-state index contributed by atoms with van der Waals surface area (Å²) in [6.45, 7) is 7.96. The number of epoxide rings is 1. The number of allylic oxidation sites excluding steroid dienone is 3. The van der Waals surface area contributed by atoms with E-state index in [1.54, 1.807) is 6.92 Å². The lowest BCUT2D eigenvalue weighted by atomic mass is 9.99. The predicted molar refractivity (Wildman–Crippen MR) is 105 cm³/mol. The zero-order chi connectivity index (χ0) is 22.6. The van der Waals surface area contributed by atoms with Crippen LogP contribution in [0.4, 0.5) is 0 Å². The van der Waals surface area contributed by atoms with Gasteiger partial charge in [-0.2, -0.15) is 0 Å². The Labute approximate surface area is 175 Å². The van der Waals surface area contributed by atoms with E-state index in [1.165, 1.54) is 11.6 Å². The molecule has 0 amide bonds. The fourth-order valence-corrected chi connectivity index (χ4v) is 3.32. The van der Waals surface area contributed by atoms with Crippen LogP contribution in [0.25, 0.3) is 0 Å². The number of carbonyl (C=O) groups excluding carboxylic acids is 1. The van der Waals surface area contributed by atoms with Crippen molar-refractivity contribution < 1.29 is 44.2 Å². The Morgan fingerprint density at radius 2 is 1.67 bits per heavy atom. The monoisotopic (exact) mass is 428 g/mol. The van der Waals surface area contributed by atoms with Gasteiger partial charge in [-0.25, -0.2) is 9.59 Å². The Morgan fingerprint density at radius 1 is 1.03 bits per heavy atom. The first-order valence-corrected chi connectivity index (χ1v) is 10.1. The van der Waals surface area contributed by atoms with Crippen LogP contribution in [0.1, 0.15) is 53.4 Å². The molecule has 6 atom stereocenters. The van der Waals surface area contributed by atoms with E-state index in [-0.39, 0.29) is 5.60 Å². The molecule has 0 unspecified atom stereocenters. The number of carboxylic acids is 1. The average molecular weight is 428 g/mol. The molecule has 0 spiro atoms. The van der Waals surface area contributed by atoms with Gasteiger partial charge in [-0.3, -0.25) is 0 Å². The summed E-state index contributed by atoms with van der Waals surface area (Å²) < 4.78 is 15.4. The first kappa shape index (κ1) is 24.5. The van der Waals surface area contributed by atoms with E-state index in [9.17, 15) is 24.9 Å². The normalized spacial score (nSPS) is 33.8. The number of hydrogen-bond donors (Lipinski definition) is 4. The van der Waals surface area contributed by atoms with Gasteiger partial charge in [-0.15, -0.1) is 0 Å². The van der Waals surface area contributed by atoms with Crippen molar-refractivity contribution in [3.05, 3.63) is 23.3 Å². The molecule has 4 N–H and O–H groups in total. The molecular weight excluding hydrogens is 396 g/mol. The van der Waals surface area contributed by atoms with Crippen LogP contribution in [0.3, 0.4) is 0 Å². The van der Waals surface area contributed by atoms with Crippen molar-refractivity contribution in [2.45, 2.75) is 95.8 Å². The number of carbonyl (C=O) groups is 2. The number of aliphatic carboxylic acids is 1. The molecule has 0 aromatic heterocycles. The summed E-state index contributed by atoms with van der Waals surface area (Å²) in [6.07, 6.45) is -1.98. The quantitative estimate of drug-likeness (QED) is 0.183. The van der Waals surface area contributed by atoms with Crippen molar-refractivity contribution in [1.82, 2.24) is 0 Å². The summed E-state index contributed by atoms with van der Waals surface area (Å²) in [5.41, 5.74) is 1.98.